The van der Waals surface area contributed by atoms with Gasteiger partial charge in [0.2, 0.25) is 0 Å². The molecule has 3 aliphatic rings. The largest absolute Gasteiger partial charge is 0.373 e. The van der Waals surface area contributed by atoms with Gasteiger partial charge in [-0.2, -0.15) is 0 Å². The highest BCUT2D eigenvalue weighted by Gasteiger charge is 2.54. The quantitative estimate of drug-likeness (QED) is 0.522. The number of ketones is 1. The molecule has 13 heavy (non-hydrogen) atoms. The van der Waals surface area contributed by atoms with Gasteiger partial charge in [0.25, 0.3) is 0 Å². The Bertz CT molecular complexity index is 316. The first kappa shape index (κ1) is 7.51. The molecule has 3 unspecified atom stereocenters. The van der Waals surface area contributed by atoms with Crippen molar-refractivity contribution in [1.29, 1.82) is 0 Å². The van der Waals surface area contributed by atoms with E-state index in [0.29, 0.717) is 12.5 Å². The summed E-state index contributed by atoms with van der Waals surface area (Å²) in [5, 5.41) is 0. The number of rotatable bonds is 0. The van der Waals surface area contributed by atoms with Crippen molar-refractivity contribution >= 4 is 5.78 Å². The molecule has 0 amide bonds. The van der Waals surface area contributed by atoms with Crippen LogP contribution < -0.4 is 0 Å². The summed E-state index contributed by atoms with van der Waals surface area (Å²) in [5.41, 5.74) is -0.186. The maximum Gasteiger partial charge on any atom is 0.164 e. The monoisotopic (exact) mass is 176 g/mol. The van der Waals surface area contributed by atoms with E-state index in [1.54, 1.807) is 6.08 Å². The average molecular weight is 176 g/mol. The Hall–Kier alpha value is -0.890. The van der Waals surface area contributed by atoms with E-state index in [9.17, 15) is 4.79 Å². The molecule has 0 aromatic heterocycles. The minimum atomic E-state index is -0.186. The predicted octanol–water partition coefficient (Wildman–Crippen LogP) is 1.48. The zero-order valence-corrected chi connectivity index (χ0v) is 7.40. The molecule has 1 heterocycles. The van der Waals surface area contributed by atoms with Crippen molar-refractivity contribution in [2.45, 2.75) is 18.9 Å². The molecule has 3 atom stereocenters. The SMILES string of the molecule is O=C1C=CC2OCC13CC=CCC23. The summed E-state index contributed by atoms with van der Waals surface area (Å²) in [6, 6.07) is 0. The van der Waals surface area contributed by atoms with Crippen molar-refractivity contribution in [3.05, 3.63) is 24.3 Å². The van der Waals surface area contributed by atoms with E-state index in [2.05, 4.69) is 12.2 Å². The van der Waals surface area contributed by atoms with Crippen molar-refractivity contribution < 1.29 is 9.53 Å². The minimum Gasteiger partial charge on any atom is -0.373 e. The van der Waals surface area contributed by atoms with Crippen molar-refractivity contribution in [2.24, 2.45) is 11.3 Å². The number of hydrogen-bond acceptors (Lipinski definition) is 2. The van der Waals surface area contributed by atoms with Gasteiger partial charge in [-0.05, 0) is 18.9 Å². The third-order valence-corrected chi connectivity index (χ3v) is 3.61. The smallest absolute Gasteiger partial charge is 0.164 e. The van der Waals surface area contributed by atoms with Crippen LogP contribution in [0.15, 0.2) is 24.3 Å². The summed E-state index contributed by atoms with van der Waals surface area (Å²) in [6.07, 6.45) is 10.0. The van der Waals surface area contributed by atoms with Crippen LogP contribution in [0.5, 0.6) is 0 Å². The predicted molar refractivity (Wildman–Crippen MR) is 48.2 cm³/mol. The van der Waals surface area contributed by atoms with Gasteiger partial charge in [0.05, 0.1) is 18.1 Å². The molecule has 2 bridgehead atoms. The van der Waals surface area contributed by atoms with Crippen molar-refractivity contribution in [3.8, 4) is 0 Å². The summed E-state index contributed by atoms with van der Waals surface area (Å²) in [6.45, 7) is 0.624. The Morgan fingerprint density at radius 1 is 1.46 bits per heavy atom. The summed E-state index contributed by atoms with van der Waals surface area (Å²) in [4.78, 5) is 11.8. The molecular formula is C11H12O2. The molecule has 2 heteroatoms. The first-order valence-electron chi connectivity index (χ1n) is 4.82. The van der Waals surface area contributed by atoms with E-state index in [4.69, 9.17) is 4.74 Å². The molecule has 0 aromatic carbocycles. The normalized spacial score (nSPS) is 46.6. The zero-order chi connectivity index (χ0) is 8.89. The molecule has 2 aliphatic carbocycles. The van der Waals surface area contributed by atoms with Crippen LogP contribution in [-0.2, 0) is 9.53 Å². The Kier molecular flexibility index (Phi) is 1.34. The maximum absolute atomic E-state index is 11.8. The van der Waals surface area contributed by atoms with Gasteiger partial charge >= 0.3 is 0 Å². The minimum absolute atomic E-state index is 0.186. The molecule has 0 aromatic rings. The van der Waals surface area contributed by atoms with Crippen LogP contribution in [0.3, 0.4) is 0 Å². The molecule has 0 N–H and O–H groups in total. The Balaban J connectivity index is 2.11. The molecule has 0 spiro atoms. The third-order valence-electron chi connectivity index (χ3n) is 3.61. The van der Waals surface area contributed by atoms with Crippen LogP contribution in [0.1, 0.15) is 12.8 Å². The summed E-state index contributed by atoms with van der Waals surface area (Å²) in [5.74, 6) is 0.686. The Morgan fingerprint density at radius 3 is 3.23 bits per heavy atom. The summed E-state index contributed by atoms with van der Waals surface area (Å²) < 4.78 is 5.64. The van der Waals surface area contributed by atoms with E-state index in [-0.39, 0.29) is 17.3 Å². The molecule has 68 valence electrons. The fourth-order valence-corrected chi connectivity index (χ4v) is 2.78. The van der Waals surface area contributed by atoms with E-state index in [1.165, 1.54) is 0 Å². The number of carbonyl (C=O) groups is 1. The van der Waals surface area contributed by atoms with Gasteiger partial charge < -0.3 is 4.74 Å². The van der Waals surface area contributed by atoms with E-state index in [1.807, 2.05) is 6.08 Å². The van der Waals surface area contributed by atoms with Crippen LogP contribution >= 0.6 is 0 Å². The van der Waals surface area contributed by atoms with Crippen molar-refractivity contribution in [1.82, 2.24) is 0 Å². The first-order valence-corrected chi connectivity index (χ1v) is 4.82. The van der Waals surface area contributed by atoms with Crippen molar-refractivity contribution in [3.63, 3.8) is 0 Å². The number of hydrogen-bond donors (Lipinski definition) is 0. The molecule has 1 saturated heterocycles. The molecule has 2 nitrogen and oxygen atoms in total. The molecule has 3 rings (SSSR count). The Labute approximate surface area is 77.3 Å². The van der Waals surface area contributed by atoms with Gasteiger partial charge in [-0.1, -0.05) is 18.2 Å². The highest BCUT2D eigenvalue weighted by molar-refractivity contribution is 5.97. The van der Waals surface area contributed by atoms with Gasteiger partial charge in [0.15, 0.2) is 5.78 Å². The molecule has 1 aliphatic heterocycles. The lowest BCUT2D eigenvalue weighted by Crippen LogP contribution is -2.41. The van der Waals surface area contributed by atoms with Gasteiger partial charge in [-0.3, -0.25) is 4.79 Å². The molecule has 0 radical (unpaired) electrons. The summed E-state index contributed by atoms with van der Waals surface area (Å²) >= 11 is 0. The summed E-state index contributed by atoms with van der Waals surface area (Å²) in [7, 11) is 0. The van der Waals surface area contributed by atoms with E-state index < -0.39 is 0 Å². The highest BCUT2D eigenvalue weighted by Crippen LogP contribution is 2.49. The second-order valence-electron chi connectivity index (χ2n) is 4.17. The fraction of sp³-hybridized carbons (Fsp3) is 0.545. The second kappa shape index (κ2) is 2.32. The van der Waals surface area contributed by atoms with E-state index >= 15 is 0 Å². The second-order valence-corrected chi connectivity index (χ2v) is 4.17. The van der Waals surface area contributed by atoms with Crippen LogP contribution in [-0.4, -0.2) is 18.5 Å². The highest BCUT2D eigenvalue weighted by atomic mass is 16.5. The van der Waals surface area contributed by atoms with Crippen LogP contribution in [0.2, 0.25) is 0 Å². The Morgan fingerprint density at radius 2 is 2.38 bits per heavy atom. The van der Waals surface area contributed by atoms with Gasteiger partial charge in [-0.15, -0.1) is 0 Å². The maximum atomic E-state index is 11.8. The average Bonchev–Trinajstić information content (AvgIpc) is 2.47. The van der Waals surface area contributed by atoms with Crippen LogP contribution in [0.4, 0.5) is 0 Å². The van der Waals surface area contributed by atoms with Crippen molar-refractivity contribution in [2.75, 3.05) is 6.61 Å². The number of carbonyl (C=O) groups excluding carboxylic acids is 1. The lowest BCUT2D eigenvalue weighted by atomic mass is 9.64. The van der Waals surface area contributed by atoms with Gasteiger partial charge in [-0.25, -0.2) is 0 Å². The lowest BCUT2D eigenvalue weighted by Gasteiger charge is -2.36. The zero-order valence-electron chi connectivity index (χ0n) is 7.40. The van der Waals surface area contributed by atoms with Gasteiger partial charge in [0, 0.05) is 5.92 Å². The molecular weight excluding hydrogens is 164 g/mol. The molecule has 1 fully saturated rings. The fourth-order valence-electron chi connectivity index (χ4n) is 2.78. The van der Waals surface area contributed by atoms with E-state index in [0.717, 1.165) is 12.8 Å². The topological polar surface area (TPSA) is 26.3 Å². The van der Waals surface area contributed by atoms with Crippen LogP contribution in [0, 0.1) is 11.3 Å². The standard InChI is InChI=1S/C11H12O2/c12-10-5-4-9-8-3-1-2-6-11(8,10)7-13-9/h1-2,4-5,8-9H,3,6-7H2. The number of allylic oxidation sites excluding steroid dienone is 3. The third kappa shape index (κ3) is 0.792. The first-order chi connectivity index (χ1) is 6.33. The van der Waals surface area contributed by atoms with Crippen LogP contribution in [0.25, 0.3) is 0 Å². The lowest BCUT2D eigenvalue weighted by molar-refractivity contribution is -0.126. The number of ether oxygens (including phenoxy) is 1. The molecule has 0 saturated carbocycles. The van der Waals surface area contributed by atoms with Gasteiger partial charge in [0.1, 0.15) is 0 Å².